The highest BCUT2D eigenvalue weighted by Crippen LogP contribution is 2.15. The minimum absolute atomic E-state index is 0.221. The Balaban J connectivity index is 1.93. The molecule has 0 unspecified atom stereocenters. The SMILES string of the molecule is COc1ccc(NC(=O)c2nn(-c3ccc(Cl)cc3)c(C)cc2=O)cn1. The van der Waals surface area contributed by atoms with Gasteiger partial charge in [0.1, 0.15) is 0 Å². The van der Waals surface area contributed by atoms with Crippen LogP contribution in [0.1, 0.15) is 16.2 Å². The smallest absolute Gasteiger partial charge is 0.280 e. The van der Waals surface area contributed by atoms with E-state index in [4.69, 9.17) is 16.3 Å². The number of pyridine rings is 1. The number of methoxy groups -OCH3 is 1. The van der Waals surface area contributed by atoms with Crippen LogP contribution in [0, 0.1) is 6.92 Å². The van der Waals surface area contributed by atoms with Crippen molar-refractivity contribution in [1.29, 1.82) is 0 Å². The standard InChI is InChI=1S/C18H15ClN4O3/c1-11-9-15(24)17(22-23(11)14-6-3-12(19)4-7-14)18(25)21-13-5-8-16(26-2)20-10-13/h3-10H,1-2H3,(H,21,25). The number of halogens is 1. The molecule has 0 spiro atoms. The number of amides is 1. The predicted octanol–water partition coefficient (Wildman–Crippen LogP) is 2.85. The molecular weight excluding hydrogens is 356 g/mol. The number of hydrogen-bond donors (Lipinski definition) is 1. The second-order valence-electron chi connectivity index (χ2n) is 5.43. The average Bonchev–Trinajstić information content (AvgIpc) is 2.63. The number of benzene rings is 1. The molecule has 0 aliphatic carbocycles. The summed E-state index contributed by atoms with van der Waals surface area (Å²) in [6, 6.07) is 11.5. The van der Waals surface area contributed by atoms with Crippen molar-refractivity contribution in [3.8, 4) is 11.6 Å². The summed E-state index contributed by atoms with van der Waals surface area (Å²) < 4.78 is 6.48. The number of aromatic nitrogens is 3. The largest absolute Gasteiger partial charge is 0.481 e. The number of rotatable bonds is 4. The highest BCUT2D eigenvalue weighted by atomic mass is 35.5. The van der Waals surface area contributed by atoms with Gasteiger partial charge in [0.15, 0.2) is 5.69 Å². The lowest BCUT2D eigenvalue weighted by Gasteiger charge is -2.11. The van der Waals surface area contributed by atoms with E-state index in [-0.39, 0.29) is 5.69 Å². The van der Waals surface area contributed by atoms with Gasteiger partial charge < -0.3 is 10.1 Å². The molecule has 2 aromatic heterocycles. The van der Waals surface area contributed by atoms with Crippen molar-refractivity contribution in [3.05, 3.63) is 75.3 Å². The van der Waals surface area contributed by atoms with E-state index in [0.29, 0.717) is 28.0 Å². The Morgan fingerprint density at radius 3 is 2.54 bits per heavy atom. The monoisotopic (exact) mass is 370 g/mol. The van der Waals surface area contributed by atoms with Crippen LogP contribution in [0.4, 0.5) is 5.69 Å². The summed E-state index contributed by atoms with van der Waals surface area (Å²) in [5, 5.41) is 7.39. The highest BCUT2D eigenvalue weighted by molar-refractivity contribution is 6.30. The van der Waals surface area contributed by atoms with E-state index >= 15 is 0 Å². The molecule has 3 rings (SSSR count). The summed E-state index contributed by atoms with van der Waals surface area (Å²) in [4.78, 5) is 28.7. The van der Waals surface area contributed by atoms with E-state index in [9.17, 15) is 9.59 Å². The van der Waals surface area contributed by atoms with E-state index in [1.54, 1.807) is 43.3 Å². The maximum Gasteiger partial charge on any atom is 0.280 e. The molecule has 26 heavy (non-hydrogen) atoms. The third-order valence-corrected chi connectivity index (χ3v) is 3.85. The molecule has 132 valence electrons. The Kier molecular flexibility index (Phi) is 4.99. The van der Waals surface area contributed by atoms with Crippen molar-refractivity contribution in [2.75, 3.05) is 12.4 Å². The maximum atomic E-state index is 12.5. The van der Waals surface area contributed by atoms with E-state index < -0.39 is 11.3 Å². The Morgan fingerprint density at radius 2 is 1.92 bits per heavy atom. The van der Waals surface area contributed by atoms with Crippen LogP contribution in [-0.2, 0) is 0 Å². The quantitative estimate of drug-likeness (QED) is 0.763. The topological polar surface area (TPSA) is 86.1 Å². The molecule has 0 bridgehead atoms. The zero-order valence-corrected chi connectivity index (χ0v) is 14.8. The summed E-state index contributed by atoms with van der Waals surface area (Å²) in [5.41, 5.74) is 1.02. The van der Waals surface area contributed by atoms with E-state index in [0.717, 1.165) is 0 Å². The van der Waals surface area contributed by atoms with E-state index in [1.165, 1.54) is 24.1 Å². The molecule has 0 radical (unpaired) electrons. The van der Waals surface area contributed by atoms with Gasteiger partial charge in [-0.2, -0.15) is 5.10 Å². The van der Waals surface area contributed by atoms with Crippen molar-refractivity contribution in [2.45, 2.75) is 6.92 Å². The molecule has 0 fully saturated rings. The molecule has 1 aromatic carbocycles. The van der Waals surface area contributed by atoms with Crippen LogP contribution in [0.2, 0.25) is 5.02 Å². The fourth-order valence-electron chi connectivity index (χ4n) is 2.31. The molecule has 7 nitrogen and oxygen atoms in total. The van der Waals surface area contributed by atoms with Crippen molar-refractivity contribution >= 4 is 23.2 Å². The minimum Gasteiger partial charge on any atom is -0.481 e. The summed E-state index contributed by atoms with van der Waals surface area (Å²) in [7, 11) is 1.50. The van der Waals surface area contributed by atoms with Gasteiger partial charge in [0.25, 0.3) is 5.91 Å². The number of carbonyl (C=O) groups is 1. The van der Waals surface area contributed by atoms with E-state index in [2.05, 4.69) is 15.4 Å². The Morgan fingerprint density at radius 1 is 1.19 bits per heavy atom. The molecular formula is C18H15ClN4O3. The van der Waals surface area contributed by atoms with Gasteiger partial charge >= 0.3 is 0 Å². The summed E-state index contributed by atoms with van der Waals surface area (Å²) >= 11 is 5.90. The van der Waals surface area contributed by atoms with Gasteiger partial charge in [-0.15, -0.1) is 0 Å². The molecule has 2 heterocycles. The Hall–Kier alpha value is -3.19. The van der Waals surface area contributed by atoms with Crippen LogP contribution < -0.4 is 15.5 Å². The van der Waals surface area contributed by atoms with Gasteiger partial charge in [-0.1, -0.05) is 11.6 Å². The maximum absolute atomic E-state index is 12.5. The molecule has 8 heteroatoms. The molecule has 0 atom stereocenters. The molecule has 0 saturated heterocycles. The minimum atomic E-state index is -0.621. The fourth-order valence-corrected chi connectivity index (χ4v) is 2.44. The van der Waals surface area contributed by atoms with Crippen molar-refractivity contribution in [3.63, 3.8) is 0 Å². The lowest BCUT2D eigenvalue weighted by atomic mass is 10.2. The van der Waals surface area contributed by atoms with Crippen LogP contribution in [-0.4, -0.2) is 27.8 Å². The summed E-state index contributed by atoms with van der Waals surface area (Å²) in [6.45, 7) is 1.73. The van der Waals surface area contributed by atoms with Crippen LogP contribution in [0.25, 0.3) is 5.69 Å². The molecule has 0 aliphatic rings. The average molecular weight is 371 g/mol. The first-order valence-electron chi connectivity index (χ1n) is 7.66. The fraction of sp³-hybridized carbons (Fsp3) is 0.111. The third kappa shape index (κ3) is 3.73. The molecule has 0 aliphatic heterocycles. The van der Waals surface area contributed by atoms with Crippen LogP contribution >= 0.6 is 11.6 Å². The van der Waals surface area contributed by atoms with Crippen molar-refractivity contribution in [1.82, 2.24) is 14.8 Å². The molecule has 1 N–H and O–H groups in total. The van der Waals surface area contributed by atoms with Crippen LogP contribution in [0.3, 0.4) is 0 Å². The van der Waals surface area contributed by atoms with E-state index in [1.807, 2.05) is 0 Å². The first kappa shape index (κ1) is 17.6. The number of anilines is 1. The molecule has 3 aromatic rings. The van der Waals surface area contributed by atoms with Gasteiger partial charge in [0, 0.05) is 22.8 Å². The second-order valence-corrected chi connectivity index (χ2v) is 5.87. The lowest BCUT2D eigenvalue weighted by molar-refractivity contribution is 0.101. The van der Waals surface area contributed by atoms with Gasteiger partial charge in [0.05, 0.1) is 24.7 Å². The number of nitrogens with one attached hydrogen (secondary N) is 1. The third-order valence-electron chi connectivity index (χ3n) is 3.60. The second kappa shape index (κ2) is 7.37. The number of ether oxygens (including phenoxy) is 1. The first-order chi connectivity index (χ1) is 12.5. The number of nitrogens with zero attached hydrogens (tertiary/aromatic N) is 3. The zero-order chi connectivity index (χ0) is 18.7. The van der Waals surface area contributed by atoms with Crippen LogP contribution in [0.15, 0.2) is 53.5 Å². The summed E-state index contributed by atoms with van der Waals surface area (Å²) in [5.74, 6) is -0.203. The van der Waals surface area contributed by atoms with Gasteiger partial charge in [-0.25, -0.2) is 9.67 Å². The number of carbonyl (C=O) groups excluding carboxylic acids is 1. The van der Waals surface area contributed by atoms with Gasteiger partial charge in [-0.05, 0) is 37.3 Å². The highest BCUT2D eigenvalue weighted by Gasteiger charge is 2.16. The van der Waals surface area contributed by atoms with Gasteiger partial charge in [-0.3, -0.25) is 9.59 Å². The van der Waals surface area contributed by atoms with Gasteiger partial charge in [0.2, 0.25) is 11.3 Å². The molecule has 0 saturated carbocycles. The summed E-state index contributed by atoms with van der Waals surface area (Å²) in [6.07, 6.45) is 1.43. The Bertz CT molecular complexity index is 998. The predicted molar refractivity (Wildman–Crippen MR) is 98.3 cm³/mol. The number of aryl methyl sites for hydroxylation is 1. The van der Waals surface area contributed by atoms with Crippen molar-refractivity contribution < 1.29 is 9.53 Å². The number of hydrogen-bond acceptors (Lipinski definition) is 5. The molecule has 1 amide bonds. The first-order valence-corrected chi connectivity index (χ1v) is 8.04. The Labute approximate surface area is 154 Å². The normalized spacial score (nSPS) is 10.4. The van der Waals surface area contributed by atoms with Crippen molar-refractivity contribution in [2.24, 2.45) is 0 Å². The van der Waals surface area contributed by atoms with Crippen LogP contribution in [0.5, 0.6) is 5.88 Å². The lowest BCUT2D eigenvalue weighted by Crippen LogP contribution is -2.26. The zero-order valence-electron chi connectivity index (χ0n) is 14.1.